The minimum absolute atomic E-state index is 0.320. The normalized spacial score (nSPS) is 13.5. The summed E-state index contributed by atoms with van der Waals surface area (Å²) in [6, 6.07) is 8.65. The predicted octanol–water partition coefficient (Wildman–Crippen LogP) is 3.72. The van der Waals surface area contributed by atoms with Gasteiger partial charge in [0.25, 0.3) is 0 Å². The third kappa shape index (κ3) is 3.54. The second-order valence-electron chi connectivity index (χ2n) is 7.34. The lowest BCUT2D eigenvalue weighted by atomic mass is 10.1. The summed E-state index contributed by atoms with van der Waals surface area (Å²) >= 11 is 0. The fourth-order valence-electron chi connectivity index (χ4n) is 3.73. The largest absolute Gasteiger partial charge is 0.311 e. The molecule has 0 amide bonds. The highest BCUT2D eigenvalue weighted by Gasteiger charge is 2.23. The Morgan fingerprint density at radius 2 is 1.84 bits per heavy atom. The van der Waals surface area contributed by atoms with Crippen LogP contribution in [-0.2, 0) is 13.0 Å². The molecule has 0 atom stereocenters. The first-order chi connectivity index (χ1) is 15.0. The highest BCUT2D eigenvalue weighted by atomic mass is 19.2. The van der Waals surface area contributed by atoms with Gasteiger partial charge in [-0.15, -0.1) is 0 Å². The standard InChI is InChI=1S/C21H18F3N7/c1-13-25-12-26-31(13)19-6-3-14(9-18(19)24)10-20-27-21-29(7-2-8-30(21)28-20)15-4-5-16(22)17(23)11-15/h3-6,9,11-12H,2,7-8,10H2,1H3. The van der Waals surface area contributed by atoms with Crippen LogP contribution in [0.25, 0.3) is 5.69 Å². The second-order valence-corrected chi connectivity index (χ2v) is 7.34. The second kappa shape index (κ2) is 7.53. The number of hydrogen-bond donors (Lipinski definition) is 0. The molecular formula is C21H18F3N7. The quantitative estimate of drug-likeness (QED) is 0.499. The summed E-state index contributed by atoms with van der Waals surface area (Å²) in [5.41, 5.74) is 1.54. The van der Waals surface area contributed by atoms with Gasteiger partial charge in [0.15, 0.2) is 17.5 Å². The zero-order chi connectivity index (χ0) is 21.5. The Bertz CT molecular complexity index is 1260. The molecule has 0 aliphatic carbocycles. The molecule has 0 spiro atoms. The van der Waals surface area contributed by atoms with Gasteiger partial charge in [-0.05, 0) is 43.2 Å². The summed E-state index contributed by atoms with van der Waals surface area (Å²) in [6.07, 6.45) is 2.50. The maximum atomic E-state index is 14.7. The molecule has 7 nitrogen and oxygen atoms in total. The van der Waals surface area contributed by atoms with Crippen molar-refractivity contribution in [2.75, 3.05) is 11.4 Å². The molecule has 1 aliphatic rings. The van der Waals surface area contributed by atoms with Gasteiger partial charge in [-0.3, -0.25) is 0 Å². The molecule has 10 heteroatoms. The lowest BCUT2D eigenvalue weighted by Gasteiger charge is -2.27. The van der Waals surface area contributed by atoms with Crippen molar-refractivity contribution in [2.24, 2.45) is 0 Å². The van der Waals surface area contributed by atoms with Crippen LogP contribution in [-0.4, -0.2) is 36.1 Å². The van der Waals surface area contributed by atoms with Gasteiger partial charge in [0.1, 0.15) is 23.7 Å². The third-order valence-electron chi connectivity index (χ3n) is 5.22. The number of halogens is 3. The van der Waals surface area contributed by atoms with Crippen molar-refractivity contribution in [3.8, 4) is 5.69 Å². The smallest absolute Gasteiger partial charge is 0.228 e. The van der Waals surface area contributed by atoms with Crippen molar-refractivity contribution in [1.82, 2.24) is 29.5 Å². The number of rotatable bonds is 4. The highest BCUT2D eigenvalue weighted by molar-refractivity contribution is 5.58. The van der Waals surface area contributed by atoms with E-state index in [0.717, 1.165) is 18.6 Å². The molecule has 0 fully saturated rings. The first-order valence-electron chi connectivity index (χ1n) is 9.81. The van der Waals surface area contributed by atoms with E-state index in [4.69, 9.17) is 0 Å². The number of nitrogens with zero attached hydrogens (tertiary/aromatic N) is 7. The molecule has 0 unspecified atom stereocenters. The van der Waals surface area contributed by atoms with Crippen LogP contribution in [0.5, 0.6) is 0 Å². The predicted molar refractivity (Wildman–Crippen MR) is 107 cm³/mol. The molecule has 5 rings (SSSR count). The van der Waals surface area contributed by atoms with Gasteiger partial charge in [-0.25, -0.2) is 27.5 Å². The Hall–Kier alpha value is -3.69. The van der Waals surface area contributed by atoms with Crippen molar-refractivity contribution >= 4 is 11.6 Å². The molecular weight excluding hydrogens is 407 g/mol. The van der Waals surface area contributed by atoms with E-state index >= 15 is 0 Å². The van der Waals surface area contributed by atoms with Crippen LogP contribution in [0, 0.1) is 24.4 Å². The van der Waals surface area contributed by atoms with E-state index in [1.54, 1.807) is 28.6 Å². The molecule has 3 heterocycles. The molecule has 4 aromatic rings. The van der Waals surface area contributed by atoms with Crippen LogP contribution in [0.2, 0.25) is 0 Å². The average molecular weight is 425 g/mol. The van der Waals surface area contributed by atoms with E-state index in [1.807, 2.05) is 0 Å². The fraction of sp³-hybridized carbons (Fsp3) is 0.238. The maximum Gasteiger partial charge on any atom is 0.228 e. The number of anilines is 2. The number of aromatic nitrogens is 6. The lowest BCUT2D eigenvalue weighted by molar-refractivity contribution is 0.506. The summed E-state index contributed by atoms with van der Waals surface area (Å²) in [6.45, 7) is 3.03. The van der Waals surface area contributed by atoms with Crippen LogP contribution < -0.4 is 4.90 Å². The Labute approximate surface area is 175 Å². The van der Waals surface area contributed by atoms with Gasteiger partial charge < -0.3 is 4.90 Å². The fourth-order valence-corrected chi connectivity index (χ4v) is 3.73. The highest BCUT2D eigenvalue weighted by Crippen LogP contribution is 2.29. The van der Waals surface area contributed by atoms with Crippen LogP contribution in [0.4, 0.5) is 24.8 Å². The van der Waals surface area contributed by atoms with Crippen molar-refractivity contribution in [2.45, 2.75) is 26.3 Å². The Kier molecular flexibility index (Phi) is 4.68. The summed E-state index contributed by atoms with van der Waals surface area (Å²) in [4.78, 5) is 10.4. The van der Waals surface area contributed by atoms with E-state index in [-0.39, 0.29) is 0 Å². The van der Waals surface area contributed by atoms with Gasteiger partial charge in [0.05, 0.1) is 0 Å². The van der Waals surface area contributed by atoms with Crippen LogP contribution in [0.1, 0.15) is 23.6 Å². The zero-order valence-corrected chi connectivity index (χ0v) is 16.6. The Morgan fingerprint density at radius 1 is 0.968 bits per heavy atom. The van der Waals surface area contributed by atoms with Gasteiger partial charge in [0.2, 0.25) is 5.95 Å². The molecule has 0 saturated heterocycles. The van der Waals surface area contributed by atoms with Crippen molar-refractivity contribution in [3.05, 3.63) is 77.4 Å². The van der Waals surface area contributed by atoms with Crippen molar-refractivity contribution in [1.29, 1.82) is 0 Å². The molecule has 31 heavy (non-hydrogen) atoms. The number of benzene rings is 2. The number of aryl methyl sites for hydroxylation is 2. The topological polar surface area (TPSA) is 64.7 Å². The van der Waals surface area contributed by atoms with Gasteiger partial charge in [-0.2, -0.15) is 15.2 Å². The zero-order valence-electron chi connectivity index (χ0n) is 16.6. The summed E-state index contributed by atoms with van der Waals surface area (Å²) in [5.74, 6) is -0.552. The van der Waals surface area contributed by atoms with Crippen molar-refractivity contribution < 1.29 is 13.2 Å². The third-order valence-corrected chi connectivity index (χ3v) is 5.22. The molecule has 0 bridgehead atoms. The average Bonchev–Trinajstić information content (AvgIpc) is 3.35. The van der Waals surface area contributed by atoms with E-state index < -0.39 is 17.5 Å². The monoisotopic (exact) mass is 425 g/mol. The molecule has 0 saturated carbocycles. The van der Waals surface area contributed by atoms with Gasteiger partial charge in [-0.1, -0.05) is 6.07 Å². The van der Waals surface area contributed by atoms with Crippen LogP contribution >= 0.6 is 0 Å². The molecule has 2 aromatic heterocycles. The van der Waals surface area contributed by atoms with Crippen molar-refractivity contribution in [3.63, 3.8) is 0 Å². The number of hydrogen-bond acceptors (Lipinski definition) is 5. The van der Waals surface area contributed by atoms with Crippen LogP contribution in [0.15, 0.2) is 42.7 Å². The molecule has 0 N–H and O–H groups in total. The summed E-state index contributed by atoms with van der Waals surface area (Å²) in [7, 11) is 0. The minimum Gasteiger partial charge on any atom is -0.311 e. The maximum absolute atomic E-state index is 14.7. The van der Waals surface area contributed by atoms with E-state index in [0.29, 0.717) is 54.0 Å². The summed E-state index contributed by atoms with van der Waals surface area (Å²) < 4.78 is 44.9. The molecule has 0 radical (unpaired) electrons. The first-order valence-corrected chi connectivity index (χ1v) is 9.81. The van der Waals surface area contributed by atoms with E-state index in [1.165, 1.54) is 23.1 Å². The molecule has 2 aromatic carbocycles. The summed E-state index contributed by atoms with van der Waals surface area (Å²) in [5, 5.41) is 8.56. The first kappa shape index (κ1) is 19.3. The lowest BCUT2D eigenvalue weighted by Crippen LogP contribution is -2.28. The molecule has 1 aliphatic heterocycles. The van der Waals surface area contributed by atoms with E-state index in [9.17, 15) is 13.2 Å². The van der Waals surface area contributed by atoms with Gasteiger partial charge >= 0.3 is 0 Å². The van der Waals surface area contributed by atoms with Crippen LogP contribution in [0.3, 0.4) is 0 Å². The van der Waals surface area contributed by atoms with Gasteiger partial charge in [0, 0.05) is 31.3 Å². The Balaban J connectivity index is 1.42. The van der Waals surface area contributed by atoms with E-state index in [2.05, 4.69) is 20.2 Å². The minimum atomic E-state index is -0.910. The molecule has 158 valence electrons. The SMILES string of the molecule is Cc1ncnn1-c1ccc(Cc2nc3n(n2)CCCN3c2ccc(F)c(F)c2)cc1F. The Morgan fingerprint density at radius 3 is 2.58 bits per heavy atom. The number of fused-ring (bicyclic) bond motifs is 1.